The number of allylic oxidation sites excluding steroid dienone is 1. The van der Waals surface area contributed by atoms with Gasteiger partial charge in [-0.15, -0.1) is 0 Å². The molecule has 0 saturated heterocycles. The van der Waals surface area contributed by atoms with E-state index in [1.54, 1.807) is 13.0 Å². The van der Waals surface area contributed by atoms with E-state index in [0.29, 0.717) is 28.3 Å². The molecule has 1 aromatic rings. The molecule has 104 valence electrons. The van der Waals surface area contributed by atoms with Gasteiger partial charge in [0.1, 0.15) is 6.04 Å². The average Bonchev–Trinajstić information content (AvgIpc) is 2.36. The van der Waals surface area contributed by atoms with Crippen LogP contribution in [0.15, 0.2) is 18.2 Å². The lowest BCUT2D eigenvalue weighted by atomic mass is 9.97. The number of nitrogens with one attached hydrogen (secondary N) is 1. The molecule has 6 heteroatoms. The minimum absolute atomic E-state index is 0.389. The number of anilines is 1. The number of benzene rings is 1. The molecule has 1 aromatic carbocycles. The molecular weight excluding hydrogens is 259 g/mol. The van der Waals surface area contributed by atoms with Crippen molar-refractivity contribution in [3.05, 3.63) is 23.8 Å². The van der Waals surface area contributed by atoms with Gasteiger partial charge in [-0.2, -0.15) is 13.2 Å². The Labute approximate surface area is 109 Å². The minimum atomic E-state index is -4.33. The molecule has 0 fully saturated rings. The smallest absolute Gasteiger partial charge is 0.412 e. The lowest BCUT2D eigenvalue weighted by Gasteiger charge is -2.27. The van der Waals surface area contributed by atoms with Gasteiger partial charge in [-0.1, -0.05) is 0 Å². The Kier molecular flexibility index (Phi) is 3.34. The van der Waals surface area contributed by atoms with Gasteiger partial charge in [0.25, 0.3) is 0 Å². The highest BCUT2D eigenvalue weighted by molar-refractivity contribution is 5.81. The van der Waals surface area contributed by atoms with Crippen LogP contribution in [0.1, 0.15) is 12.5 Å². The Morgan fingerprint density at radius 1 is 1.11 bits per heavy atom. The predicted octanol–water partition coefficient (Wildman–Crippen LogP) is 3.46. The van der Waals surface area contributed by atoms with Crippen LogP contribution in [0.2, 0.25) is 0 Å². The van der Waals surface area contributed by atoms with Gasteiger partial charge in [-0.05, 0) is 24.6 Å². The van der Waals surface area contributed by atoms with Gasteiger partial charge in [-0.25, -0.2) is 0 Å². The van der Waals surface area contributed by atoms with Gasteiger partial charge in [0.05, 0.1) is 14.2 Å². The second-order valence-electron chi connectivity index (χ2n) is 4.27. The van der Waals surface area contributed by atoms with Crippen LogP contribution in [0.25, 0.3) is 5.57 Å². The molecule has 0 amide bonds. The minimum Gasteiger partial charge on any atom is -0.493 e. The Hall–Kier alpha value is -1.85. The second-order valence-corrected chi connectivity index (χ2v) is 4.27. The first kappa shape index (κ1) is 13.6. The fourth-order valence-electron chi connectivity index (χ4n) is 2.05. The normalized spacial score (nSPS) is 18.2. The zero-order valence-electron chi connectivity index (χ0n) is 10.8. The number of methoxy groups -OCH3 is 2. The predicted molar refractivity (Wildman–Crippen MR) is 66.7 cm³/mol. The molecule has 0 radical (unpaired) electrons. The van der Waals surface area contributed by atoms with E-state index in [0.717, 1.165) is 6.08 Å². The SMILES string of the molecule is COc1cc2c(cc1OC)C(C)=CC(C(F)(F)F)N2. The first-order chi connectivity index (χ1) is 8.86. The molecule has 1 heterocycles. The summed E-state index contributed by atoms with van der Waals surface area (Å²) in [4.78, 5) is 0. The summed E-state index contributed by atoms with van der Waals surface area (Å²) in [7, 11) is 2.93. The molecule has 1 unspecified atom stereocenters. The molecule has 3 nitrogen and oxygen atoms in total. The van der Waals surface area contributed by atoms with Crippen LogP contribution in [0.4, 0.5) is 18.9 Å². The fourth-order valence-corrected chi connectivity index (χ4v) is 2.05. The summed E-state index contributed by atoms with van der Waals surface area (Å²) in [6.45, 7) is 1.64. The second kappa shape index (κ2) is 4.68. The Bertz CT molecular complexity index is 523. The van der Waals surface area contributed by atoms with Gasteiger partial charge < -0.3 is 14.8 Å². The zero-order chi connectivity index (χ0) is 14.2. The van der Waals surface area contributed by atoms with E-state index < -0.39 is 12.2 Å². The summed E-state index contributed by atoms with van der Waals surface area (Å²) < 4.78 is 48.6. The summed E-state index contributed by atoms with van der Waals surface area (Å²) in [6.07, 6.45) is -3.17. The van der Waals surface area contributed by atoms with Gasteiger partial charge in [0, 0.05) is 17.3 Å². The topological polar surface area (TPSA) is 30.5 Å². The Morgan fingerprint density at radius 3 is 2.21 bits per heavy atom. The number of hydrogen-bond donors (Lipinski definition) is 1. The highest BCUT2D eigenvalue weighted by Crippen LogP contribution is 2.41. The number of hydrogen-bond acceptors (Lipinski definition) is 3. The van der Waals surface area contributed by atoms with Crippen molar-refractivity contribution in [3.8, 4) is 11.5 Å². The van der Waals surface area contributed by atoms with Crippen LogP contribution < -0.4 is 14.8 Å². The molecule has 1 aliphatic heterocycles. The molecule has 0 saturated carbocycles. The third-order valence-electron chi connectivity index (χ3n) is 3.03. The number of fused-ring (bicyclic) bond motifs is 1. The van der Waals surface area contributed by atoms with E-state index in [-0.39, 0.29) is 0 Å². The van der Waals surface area contributed by atoms with Crippen molar-refractivity contribution < 1.29 is 22.6 Å². The molecule has 0 bridgehead atoms. The van der Waals surface area contributed by atoms with Crippen LogP contribution >= 0.6 is 0 Å². The van der Waals surface area contributed by atoms with Crippen LogP contribution in [-0.2, 0) is 0 Å². The first-order valence-electron chi connectivity index (χ1n) is 5.65. The third-order valence-corrected chi connectivity index (χ3v) is 3.03. The zero-order valence-corrected chi connectivity index (χ0v) is 10.8. The van der Waals surface area contributed by atoms with Crippen molar-refractivity contribution in [1.29, 1.82) is 0 Å². The molecule has 1 N–H and O–H groups in total. The quantitative estimate of drug-likeness (QED) is 0.895. The van der Waals surface area contributed by atoms with E-state index >= 15 is 0 Å². The Morgan fingerprint density at radius 2 is 1.68 bits per heavy atom. The maximum atomic E-state index is 12.8. The lowest BCUT2D eigenvalue weighted by molar-refractivity contribution is -0.132. The van der Waals surface area contributed by atoms with Crippen LogP contribution in [0.3, 0.4) is 0 Å². The van der Waals surface area contributed by atoms with Crippen molar-refractivity contribution in [2.45, 2.75) is 19.1 Å². The summed E-state index contributed by atoms with van der Waals surface area (Å²) in [5, 5.41) is 2.46. The molecule has 0 spiro atoms. The lowest BCUT2D eigenvalue weighted by Crippen LogP contribution is -2.36. The summed E-state index contributed by atoms with van der Waals surface area (Å²) in [5.41, 5.74) is 1.62. The van der Waals surface area contributed by atoms with Crippen molar-refractivity contribution >= 4 is 11.3 Å². The van der Waals surface area contributed by atoms with E-state index in [4.69, 9.17) is 9.47 Å². The van der Waals surface area contributed by atoms with Crippen LogP contribution in [0, 0.1) is 0 Å². The molecule has 1 aliphatic rings. The van der Waals surface area contributed by atoms with E-state index in [1.807, 2.05) is 0 Å². The molecule has 0 aliphatic carbocycles. The van der Waals surface area contributed by atoms with Gasteiger partial charge in [-0.3, -0.25) is 0 Å². The monoisotopic (exact) mass is 273 g/mol. The standard InChI is InChI=1S/C13H14F3NO2/c1-7-4-12(13(14,15)16)17-9-6-11(19-3)10(18-2)5-8(7)9/h4-6,12,17H,1-3H3. The number of rotatable bonds is 2. The van der Waals surface area contributed by atoms with Crippen molar-refractivity contribution in [1.82, 2.24) is 0 Å². The highest BCUT2D eigenvalue weighted by Gasteiger charge is 2.40. The van der Waals surface area contributed by atoms with Crippen LogP contribution in [-0.4, -0.2) is 26.4 Å². The molecule has 2 rings (SSSR count). The molecular formula is C13H14F3NO2. The van der Waals surface area contributed by atoms with Crippen molar-refractivity contribution in [3.63, 3.8) is 0 Å². The largest absolute Gasteiger partial charge is 0.493 e. The highest BCUT2D eigenvalue weighted by atomic mass is 19.4. The summed E-state index contributed by atoms with van der Waals surface area (Å²) in [6, 6.07) is 1.50. The number of halogens is 3. The van der Waals surface area contributed by atoms with Crippen molar-refractivity contribution in [2.24, 2.45) is 0 Å². The first-order valence-corrected chi connectivity index (χ1v) is 5.65. The van der Waals surface area contributed by atoms with E-state index in [1.165, 1.54) is 20.3 Å². The molecule has 1 atom stereocenters. The van der Waals surface area contributed by atoms with Gasteiger partial charge >= 0.3 is 6.18 Å². The van der Waals surface area contributed by atoms with Crippen LogP contribution in [0.5, 0.6) is 11.5 Å². The Balaban J connectivity index is 2.49. The van der Waals surface area contributed by atoms with E-state index in [2.05, 4.69) is 5.32 Å². The fraction of sp³-hybridized carbons (Fsp3) is 0.385. The molecule has 19 heavy (non-hydrogen) atoms. The number of ether oxygens (including phenoxy) is 2. The number of alkyl halides is 3. The van der Waals surface area contributed by atoms with Gasteiger partial charge in [0.2, 0.25) is 0 Å². The average molecular weight is 273 g/mol. The van der Waals surface area contributed by atoms with Gasteiger partial charge in [0.15, 0.2) is 11.5 Å². The third kappa shape index (κ3) is 2.47. The summed E-state index contributed by atoms with van der Waals surface area (Å²) in [5.74, 6) is 0.880. The van der Waals surface area contributed by atoms with E-state index in [9.17, 15) is 13.2 Å². The molecule has 0 aromatic heterocycles. The maximum absolute atomic E-state index is 12.8. The van der Waals surface area contributed by atoms with Crippen molar-refractivity contribution in [2.75, 3.05) is 19.5 Å². The summed E-state index contributed by atoms with van der Waals surface area (Å²) >= 11 is 0. The maximum Gasteiger partial charge on any atom is 0.412 e.